The van der Waals surface area contributed by atoms with Gasteiger partial charge in [0.15, 0.2) is 5.82 Å². The second kappa shape index (κ2) is 7.09. The largest absolute Gasteiger partial charge is 0.347 e. The molecule has 1 aromatic heterocycles. The van der Waals surface area contributed by atoms with Gasteiger partial charge in [-0.1, -0.05) is 29.6 Å². The summed E-state index contributed by atoms with van der Waals surface area (Å²) in [6, 6.07) is 4.51. The number of aromatic amines is 1. The van der Waals surface area contributed by atoms with Crippen molar-refractivity contribution >= 4 is 23.2 Å². The molecule has 0 saturated heterocycles. The van der Waals surface area contributed by atoms with Gasteiger partial charge in [0, 0.05) is 10.0 Å². The molecule has 0 fully saturated rings. The maximum Gasteiger partial charge on any atom is 0.347 e. The van der Waals surface area contributed by atoms with Gasteiger partial charge in [-0.05, 0) is 37.6 Å². The molecule has 1 atom stereocenters. The van der Waals surface area contributed by atoms with E-state index in [0.29, 0.717) is 34.5 Å². The van der Waals surface area contributed by atoms with E-state index in [-0.39, 0.29) is 11.7 Å². The fourth-order valence-electron chi connectivity index (χ4n) is 2.11. The van der Waals surface area contributed by atoms with Crippen molar-refractivity contribution in [2.24, 2.45) is 11.5 Å². The standard InChI is InChI=1S/C13H17Cl2N5O/c14-8-5-9(15)7-10(6-8)20-12(18-19-13(20)21)11(17)3-1-2-4-16/h5-7,11H,1-4,16-17H2,(H,19,21). The first-order valence-corrected chi connectivity index (χ1v) is 7.38. The predicted molar refractivity (Wildman–Crippen MR) is 84.0 cm³/mol. The molecule has 114 valence electrons. The van der Waals surface area contributed by atoms with E-state index in [1.807, 2.05) is 0 Å². The van der Waals surface area contributed by atoms with E-state index in [1.54, 1.807) is 18.2 Å². The van der Waals surface area contributed by atoms with Gasteiger partial charge in [0.25, 0.3) is 0 Å². The van der Waals surface area contributed by atoms with Crippen LogP contribution < -0.4 is 17.2 Å². The van der Waals surface area contributed by atoms with Gasteiger partial charge in [0.05, 0.1) is 11.7 Å². The van der Waals surface area contributed by atoms with Crippen molar-refractivity contribution in [3.63, 3.8) is 0 Å². The normalized spacial score (nSPS) is 12.6. The third-order valence-electron chi connectivity index (χ3n) is 3.10. The smallest absolute Gasteiger partial charge is 0.330 e. The minimum Gasteiger partial charge on any atom is -0.330 e. The van der Waals surface area contributed by atoms with Crippen molar-refractivity contribution in [3.8, 4) is 5.69 Å². The Morgan fingerprint density at radius 1 is 1.24 bits per heavy atom. The van der Waals surface area contributed by atoms with Gasteiger partial charge in [-0.15, -0.1) is 0 Å². The fraction of sp³-hybridized carbons (Fsp3) is 0.385. The van der Waals surface area contributed by atoms with E-state index in [4.69, 9.17) is 34.7 Å². The van der Waals surface area contributed by atoms with Gasteiger partial charge in [0.1, 0.15) is 0 Å². The van der Waals surface area contributed by atoms with Crippen LogP contribution in [0.5, 0.6) is 0 Å². The molecule has 5 N–H and O–H groups in total. The molecule has 21 heavy (non-hydrogen) atoms. The highest BCUT2D eigenvalue weighted by molar-refractivity contribution is 6.34. The molecule has 2 aromatic rings. The van der Waals surface area contributed by atoms with E-state index in [0.717, 1.165) is 12.8 Å². The second-order valence-corrected chi connectivity index (χ2v) is 5.61. The zero-order chi connectivity index (χ0) is 15.4. The highest BCUT2D eigenvalue weighted by atomic mass is 35.5. The summed E-state index contributed by atoms with van der Waals surface area (Å²) in [6.45, 7) is 0.615. The quantitative estimate of drug-likeness (QED) is 0.705. The van der Waals surface area contributed by atoms with Gasteiger partial charge < -0.3 is 11.5 Å². The summed E-state index contributed by atoms with van der Waals surface area (Å²) in [6.07, 6.45) is 2.44. The SMILES string of the molecule is NCCCCC(N)c1n[nH]c(=O)n1-c1cc(Cl)cc(Cl)c1. The summed E-state index contributed by atoms with van der Waals surface area (Å²) in [5.41, 5.74) is 11.7. The summed E-state index contributed by atoms with van der Waals surface area (Å²) in [5.74, 6) is 0.454. The third-order valence-corrected chi connectivity index (χ3v) is 3.54. The molecule has 1 heterocycles. The number of nitrogens with two attached hydrogens (primary N) is 2. The van der Waals surface area contributed by atoms with Crippen molar-refractivity contribution < 1.29 is 0 Å². The van der Waals surface area contributed by atoms with Crippen LogP contribution in [0, 0.1) is 0 Å². The van der Waals surface area contributed by atoms with Crippen LogP contribution in [0.15, 0.2) is 23.0 Å². The Morgan fingerprint density at radius 3 is 2.52 bits per heavy atom. The maximum atomic E-state index is 12.0. The molecule has 0 radical (unpaired) electrons. The van der Waals surface area contributed by atoms with Crippen molar-refractivity contribution in [2.45, 2.75) is 25.3 Å². The Labute approximate surface area is 132 Å². The second-order valence-electron chi connectivity index (χ2n) is 4.74. The Kier molecular flexibility index (Phi) is 5.41. The molecule has 1 aromatic carbocycles. The van der Waals surface area contributed by atoms with Gasteiger partial charge >= 0.3 is 5.69 Å². The molecule has 1 unspecified atom stereocenters. The molecular weight excluding hydrogens is 313 g/mol. The summed E-state index contributed by atoms with van der Waals surface area (Å²) < 4.78 is 1.39. The summed E-state index contributed by atoms with van der Waals surface area (Å²) in [5, 5.41) is 7.30. The van der Waals surface area contributed by atoms with Crippen LogP contribution in [0.4, 0.5) is 0 Å². The highest BCUT2D eigenvalue weighted by Gasteiger charge is 2.17. The summed E-state index contributed by atoms with van der Waals surface area (Å²) >= 11 is 12.0. The molecule has 0 aliphatic carbocycles. The van der Waals surface area contributed by atoms with Crippen molar-refractivity contribution in [1.29, 1.82) is 0 Å². The minimum atomic E-state index is -0.377. The van der Waals surface area contributed by atoms with Gasteiger partial charge in [-0.3, -0.25) is 0 Å². The Balaban J connectivity index is 2.35. The number of hydrogen-bond donors (Lipinski definition) is 3. The Morgan fingerprint density at radius 2 is 1.90 bits per heavy atom. The van der Waals surface area contributed by atoms with E-state index >= 15 is 0 Å². The molecular formula is C13H17Cl2N5O. The number of unbranched alkanes of at least 4 members (excludes halogenated alkanes) is 1. The van der Waals surface area contributed by atoms with E-state index in [1.165, 1.54) is 4.57 Å². The molecule has 6 nitrogen and oxygen atoms in total. The van der Waals surface area contributed by atoms with Crippen LogP contribution in [0.2, 0.25) is 10.0 Å². The number of rotatable bonds is 6. The highest BCUT2D eigenvalue weighted by Crippen LogP contribution is 2.23. The molecule has 0 bridgehead atoms. The number of aromatic nitrogens is 3. The van der Waals surface area contributed by atoms with Crippen molar-refractivity contribution in [2.75, 3.05) is 6.54 Å². The molecule has 0 amide bonds. The number of nitrogens with one attached hydrogen (secondary N) is 1. The fourth-order valence-corrected chi connectivity index (χ4v) is 2.63. The number of H-pyrrole nitrogens is 1. The molecule has 0 aliphatic heterocycles. The van der Waals surface area contributed by atoms with Crippen molar-refractivity contribution in [3.05, 3.63) is 44.6 Å². The lowest BCUT2D eigenvalue weighted by atomic mass is 10.1. The number of hydrogen-bond acceptors (Lipinski definition) is 4. The number of benzene rings is 1. The third kappa shape index (κ3) is 3.85. The van der Waals surface area contributed by atoms with E-state index in [2.05, 4.69) is 10.2 Å². The lowest BCUT2D eigenvalue weighted by molar-refractivity contribution is 0.557. The first kappa shape index (κ1) is 16.0. The van der Waals surface area contributed by atoms with Gasteiger partial charge in [0.2, 0.25) is 0 Å². The zero-order valence-electron chi connectivity index (χ0n) is 11.4. The topological polar surface area (TPSA) is 103 Å². The minimum absolute atomic E-state index is 0.367. The predicted octanol–water partition coefficient (Wildman–Crippen LogP) is 2.00. The Bertz CT molecular complexity index is 647. The summed E-state index contributed by atoms with van der Waals surface area (Å²) in [4.78, 5) is 12.0. The average molecular weight is 330 g/mol. The number of halogens is 2. The average Bonchev–Trinajstić information content (AvgIpc) is 2.79. The molecule has 0 aliphatic rings. The van der Waals surface area contributed by atoms with Crippen LogP contribution >= 0.6 is 23.2 Å². The van der Waals surface area contributed by atoms with Crippen LogP contribution in [0.1, 0.15) is 31.1 Å². The summed E-state index contributed by atoms with van der Waals surface area (Å²) in [7, 11) is 0. The van der Waals surface area contributed by atoms with Crippen LogP contribution in [-0.2, 0) is 0 Å². The Hall–Kier alpha value is -1.34. The van der Waals surface area contributed by atoms with Crippen LogP contribution in [-0.4, -0.2) is 21.3 Å². The monoisotopic (exact) mass is 329 g/mol. The molecule has 0 spiro atoms. The molecule has 8 heteroatoms. The zero-order valence-corrected chi connectivity index (χ0v) is 12.9. The van der Waals surface area contributed by atoms with E-state index in [9.17, 15) is 4.79 Å². The lowest BCUT2D eigenvalue weighted by Crippen LogP contribution is -2.22. The first-order valence-electron chi connectivity index (χ1n) is 6.62. The lowest BCUT2D eigenvalue weighted by Gasteiger charge is -2.12. The van der Waals surface area contributed by atoms with Crippen LogP contribution in [0.3, 0.4) is 0 Å². The van der Waals surface area contributed by atoms with Crippen molar-refractivity contribution in [1.82, 2.24) is 14.8 Å². The molecule has 0 saturated carbocycles. The van der Waals surface area contributed by atoms with Gasteiger partial charge in [-0.25, -0.2) is 14.5 Å². The van der Waals surface area contributed by atoms with E-state index < -0.39 is 0 Å². The van der Waals surface area contributed by atoms with Gasteiger partial charge in [-0.2, -0.15) is 5.10 Å². The number of nitrogens with zero attached hydrogens (tertiary/aromatic N) is 2. The first-order chi connectivity index (χ1) is 10.0. The maximum absolute atomic E-state index is 12.0. The van der Waals surface area contributed by atoms with Crippen LogP contribution in [0.25, 0.3) is 5.69 Å². The molecule has 2 rings (SSSR count).